The van der Waals surface area contributed by atoms with Crippen LogP contribution in [0.25, 0.3) is 5.69 Å². The Kier molecular flexibility index (Phi) is 5.67. The summed E-state index contributed by atoms with van der Waals surface area (Å²) < 4.78 is 16.3. The Balaban J connectivity index is 1.61. The van der Waals surface area contributed by atoms with Crippen LogP contribution in [0, 0.1) is 5.82 Å². The standard InChI is InChI=1S/C22H23FN4OS/c1-14(2)20-25-26-22(27(20)19-10-6-5-9-18(19)23)29-13-15-7-3-4-8-17(15)21(28)24-16-11-12-16/h3-10,14,16H,11-13H2,1-2H3,(H,24,28). The summed E-state index contributed by atoms with van der Waals surface area (Å²) in [5.41, 5.74) is 2.03. The SMILES string of the molecule is CC(C)c1nnc(SCc2ccccc2C(=O)NC2CC2)n1-c1ccccc1F. The van der Waals surface area contributed by atoms with E-state index in [4.69, 9.17) is 0 Å². The van der Waals surface area contributed by atoms with Gasteiger partial charge in [0.25, 0.3) is 5.91 Å². The molecule has 1 fully saturated rings. The summed E-state index contributed by atoms with van der Waals surface area (Å²) in [7, 11) is 0. The summed E-state index contributed by atoms with van der Waals surface area (Å²) in [5, 5.41) is 12.3. The highest BCUT2D eigenvalue weighted by molar-refractivity contribution is 7.98. The van der Waals surface area contributed by atoms with Gasteiger partial charge in [-0.1, -0.05) is 55.9 Å². The fraction of sp³-hybridized carbons (Fsp3) is 0.318. The van der Waals surface area contributed by atoms with Gasteiger partial charge in [-0.05, 0) is 36.6 Å². The van der Waals surface area contributed by atoms with Crippen LogP contribution < -0.4 is 5.32 Å². The minimum Gasteiger partial charge on any atom is -0.349 e. The molecule has 1 amide bonds. The summed E-state index contributed by atoms with van der Waals surface area (Å²) >= 11 is 1.45. The normalized spacial score (nSPS) is 13.7. The third-order valence-electron chi connectivity index (χ3n) is 4.80. The van der Waals surface area contributed by atoms with Crippen molar-refractivity contribution < 1.29 is 9.18 Å². The number of rotatable bonds is 7. The van der Waals surface area contributed by atoms with Gasteiger partial charge in [-0.25, -0.2) is 4.39 Å². The lowest BCUT2D eigenvalue weighted by atomic mass is 10.1. The van der Waals surface area contributed by atoms with E-state index >= 15 is 0 Å². The quantitative estimate of drug-likeness (QED) is 0.573. The van der Waals surface area contributed by atoms with Gasteiger partial charge < -0.3 is 5.32 Å². The molecule has 0 radical (unpaired) electrons. The lowest BCUT2D eigenvalue weighted by Gasteiger charge is -2.13. The van der Waals surface area contributed by atoms with Crippen molar-refractivity contribution in [2.45, 2.75) is 49.6 Å². The van der Waals surface area contributed by atoms with Crippen LogP contribution in [-0.4, -0.2) is 26.7 Å². The summed E-state index contributed by atoms with van der Waals surface area (Å²) in [4.78, 5) is 12.6. The first-order valence-corrected chi connectivity index (χ1v) is 10.7. The molecule has 0 saturated heterocycles. The van der Waals surface area contributed by atoms with E-state index in [0.717, 1.165) is 18.4 Å². The zero-order valence-electron chi connectivity index (χ0n) is 16.4. The third kappa shape index (κ3) is 4.34. The van der Waals surface area contributed by atoms with Gasteiger partial charge in [0.2, 0.25) is 0 Å². The van der Waals surface area contributed by atoms with Crippen LogP contribution >= 0.6 is 11.8 Å². The number of benzene rings is 2. The Labute approximate surface area is 173 Å². The van der Waals surface area contributed by atoms with Crippen molar-refractivity contribution in [1.82, 2.24) is 20.1 Å². The molecular weight excluding hydrogens is 387 g/mol. The van der Waals surface area contributed by atoms with Crippen LogP contribution in [0.5, 0.6) is 0 Å². The second-order valence-electron chi connectivity index (χ2n) is 7.48. The highest BCUT2D eigenvalue weighted by Gasteiger charge is 2.25. The van der Waals surface area contributed by atoms with Crippen molar-refractivity contribution in [3.63, 3.8) is 0 Å². The largest absolute Gasteiger partial charge is 0.349 e. The molecule has 1 N–H and O–H groups in total. The molecule has 1 aromatic heterocycles. The van der Waals surface area contributed by atoms with E-state index in [1.54, 1.807) is 22.8 Å². The van der Waals surface area contributed by atoms with Crippen molar-refractivity contribution in [2.24, 2.45) is 0 Å². The molecule has 0 atom stereocenters. The number of thioether (sulfide) groups is 1. The molecule has 150 valence electrons. The van der Waals surface area contributed by atoms with Gasteiger partial charge in [0.05, 0.1) is 5.69 Å². The molecular formula is C22H23FN4OS. The zero-order chi connectivity index (χ0) is 20.4. The Bertz CT molecular complexity index is 1030. The summed E-state index contributed by atoms with van der Waals surface area (Å²) in [5.74, 6) is 0.978. The van der Waals surface area contributed by atoms with E-state index in [1.165, 1.54) is 17.8 Å². The maximum Gasteiger partial charge on any atom is 0.251 e. The average Bonchev–Trinajstić information content (AvgIpc) is 3.42. The van der Waals surface area contributed by atoms with Crippen LogP contribution in [0.4, 0.5) is 4.39 Å². The number of hydrogen-bond donors (Lipinski definition) is 1. The minimum atomic E-state index is -0.319. The fourth-order valence-electron chi connectivity index (χ4n) is 3.11. The van der Waals surface area contributed by atoms with Gasteiger partial charge in [0.15, 0.2) is 5.16 Å². The summed E-state index contributed by atoms with van der Waals surface area (Å²) in [6, 6.07) is 14.5. The first-order valence-electron chi connectivity index (χ1n) is 9.76. The number of halogens is 1. The van der Waals surface area contributed by atoms with E-state index in [2.05, 4.69) is 15.5 Å². The Morgan fingerprint density at radius 1 is 1.17 bits per heavy atom. The maximum atomic E-state index is 14.5. The number of aromatic nitrogens is 3. The van der Waals surface area contributed by atoms with Gasteiger partial charge in [0.1, 0.15) is 11.6 Å². The van der Waals surface area contributed by atoms with Gasteiger partial charge in [-0.2, -0.15) is 0 Å². The topological polar surface area (TPSA) is 59.8 Å². The molecule has 3 aromatic rings. The zero-order valence-corrected chi connectivity index (χ0v) is 17.2. The van der Waals surface area contributed by atoms with E-state index in [0.29, 0.717) is 34.0 Å². The van der Waals surface area contributed by atoms with Crippen LogP contribution in [0.3, 0.4) is 0 Å². The van der Waals surface area contributed by atoms with E-state index in [1.807, 2.05) is 38.1 Å². The maximum absolute atomic E-state index is 14.5. The van der Waals surface area contributed by atoms with Crippen molar-refractivity contribution >= 4 is 17.7 Å². The number of carbonyl (C=O) groups excluding carboxylic acids is 1. The molecule has 0 bridgehead atoms. The summed E-state index contributed by atoms with van der Waals surface area (Å²) in [6.07, 6.45) is 2.10. The van der Waals surface area contributed by atoms with Crippen molar-refractivity contribution in [3.05, 3.63) is 71.3 Å². The lowest BCUT2D eigenvalue weighted by molar-refractivity contribution is 0.0950. The second-order valence-corrected chi connectivity index (χ2v) is 8.42. The van der Waals surface area contributed by atoms with E-state index in [9.17, 15) is 9.18 Å². The molecule has 1 heterocycles. The molecule has 5 nitrogen and oxygen atoms in total. The molecule has 1 aliphatic rings. The molecule has 7 heteroatoms. The number of amides is 1. The van der Waals surface area contributed by atoms with E-state index < -0.39 is 0 Å². The highest BCUT2D eigenvalue weighted by atomic mass is 32.2. The predicted octanol–water partition coefficient (Wildman–Crippen LogP) is 4.71. The second kappa shape index (κ2) is 8.37. The Hall–Kier alpha value is -2.67. The Morgan fingerprint density at radius 2 is 1.90 bits per heavy atom. The molecule has 0 aliphatic heterocycles. The highest BCUT2D eigenvalue weighted by Crippen LogP contribution is 2.30. The molecule has 0 spiro atoms. The molecule has 29 heavy (non-hydrogen) atoms. The molecule has 0 unspecified atom stereocenters. The first-order chi connectivity index (χ1) is 14.0. The van der Waals surface area contributed by atoms with Crippen molar-refractivity contribution in [3.8, 4) is 5.69 Å². The monoisotopic (exact) mass is 410 g/mol. The van der Waals surface area contributed by atoms with Gasteiger partial charge in [-0.15, -0.1) is 10.2 Å². The summed E-state index contributed by atoms with van der Waals surface area (Å²) in [6.45, 7) is 4.01. The number of para-hydroxylation sites is 1. The number of nitrogens with one attached hydrogen (secondary N) is 1. The molecule has 2 aromatic carbocycles. The van der Waals surface area contributed by atoms with Crippen LogP contribution in [0.1, 0.15) is 54.4 Å². The molecule has 1 aliphatic carbocycles. The van der Waals surface area contributed by atoms with Crippen molar-refractivity contribution in [1.29, 1.82) is 0 Å². The van der Waals surface area contributed by atoms with Crippen LogP contribution in [-0.2, 0) is 5.75 Å². The minimum absolute atomic E-state index is 0.0397. The third-order valence-corrected chi connectivity index (χ3v) is 5.78. The van der Waals surface area contributed by atoms with E-state index in [-0.39, 0.29) is 17.6 Å². The van der Waals surface area contributed by atoms with Gasteiger partial charge in [0, 0.05) is 23.3 Å². The van der Waals surface area contributed by atoms with Crippen LogP contribution in [0.15, 0.2) is 53.7 Å². The number of carbonyl (C=O) groups is 1. The molecule has 4 rings (SSSR count). The fourth-order valence-corrected chi connectivity index (χ4v) is 4.06. The average molecular weight is 411 g/mol. The van der Waals surface area contributed by atoms with Crippen molar-refractivity contribution in [2.75, 3.05) is 0 Å². The van der Waals surface area contributed by atoms with Gasteiger partial charge >= 0.3 is 0 Å². The lowest BCUT2D eigenvalue weighted by Crippen LogP contribution is -2.26. The number of hydrogen-bond acceptors (Lipinski definition) is 4. The molecule has 1 saturated carbocycles. The Morgan fingerprint density at radius 3 is 2.62 bits per heavy atom. The van der Waals surface area contributed by atoms with Gasteiger partial charge in [-0.3, -0.25) is 9.36 Å². The number of nitrogens with zero attached hydrogens (tertiary/aromatic N) is 3. The smallest absolute Gasteiger partial charge is 0.251 e. The first kappa shape index (κ1) is 19.6. The van der Waals surface area contributed by atoms with Crippen LogP contribution in [0.2, 0.25) is 0 Å². The predicted molar refractivity (Wildman–Crippen MR) is 112 cm³/mol.